The molecule has 1 aliphatic rings. The first kappa shape index (κ1) is 16.0. The summed E-state index contributed by atoms with van der Waals surface area (Å²) < 4.78 is 42.7. The first-order valence-electron chi connectivity index (χ1n) is 6.68. The van der Waals surface area contributed by atoms with Crippen LogP contribution in [0.1, 0.15) is 0 Å². The predicted molar refractivity (Wildman–Crippen MR) is 87.7 cm³/mol. The third kappa shape index (κ3) is 3.25. The summed E-state index contributed by atoms with van der Waals surface area (Å²) in [6.07, 6.45) is 0. The Morgan fingerprint density at radius 3 is 2.78 bits per heavy atom. The largest absolute Gasteiger partial charge is 0.324 e. The van der Waals surface area contributed by atoms with Gasteiger partial charge in [-0.2, -0.15) is 0 Å². The Hall–Kier alpha value is -1.86. The van der Waals surface area contributed by atoms with E-state index in [1.807, 2.05) is 0 Å². The molecule has 0 saturated carbocycles. The highest BCUT2D eigenvalue weighted by Gasteiger charge is 2.21. The third-order valence-electron chi connectivity index (χ3n) is 3.16. The van der Waals surface area contributed by atoms with E-state index in [1.54, 1.807) is 6.07 Å². The quantitative estimate of drug-likeness (QED) is 0.786. The lowest BCUT2D eigenvalue weighted by Gasteiger charge is -2.23. The maximum Gasteiger partial charge on any atom is 0.206 e. The molecule has 0 radical (unpaired) electrons. The van der Waals surface area contributed by atoms with Crippen molar-refractivity contribution in [1.82, 2.24) is 4.72 Å². The van der Waals surface area contributed by atoms with Gasteiger partial charge in [-0.05, 0) is 30.1 Å². The minimum absolute atomic E-state index is 0.00246. The monoisotopic (exact) mass is 357 g/mol. The number of nitrogens with one attached hydrogen (secondary N) is 2. The Bertz CT molecular complexity index is 783. The van der Waals surface area contributed by atoms with Gasteiger partial charge in [0.05, 0.1) is 22.2 Å². The van der Waals surface area contributed by atoms with E-state index in [2.05, 4.69) is 15.0 Å². The molecule has 1 aliphatic heterocycles. The van der Waals surface area contributed by atoms with E-state index in [0.29, 0.717) is 27.7 Å². The number of alkyl halides is 1. The first-order valence-corrected chi connectivity index (χ1v) is 7.88. The van der Waals surface area contributed by atoms with Gasteiger partial charge in [0, 0.05) is 11.1 Å². The standard InChI is InChI=1S/C15H11ClF3N3S/c16-13-9(2-1-3-11(13)19)10-6-8(18)7-12-14(10)21-15(22-23-12)20-5-4-17/h1-3,6-7H,4-5H2,(H2,20,21,22). The van der Waals surface area contributed by atoms with E-state index >= 15 is 0 Å². The molecule has 2 N–H and O–H groups in total. The lowest BCUT2D eigenvalue weighted by molar-refractivity contribution is 0.504. The summed E-state index contributed by atoms with van der Waals surface area (Å²) in [5, 5.41) is 2.89. The number of guanidine groups is 1. The van der Waals surface area contributed by atoms with E-state index in [-0.39, 0.29) is 11.6 Å². The molecular formula is C15H11ClF3N3S. The third-order valence-corrected chi connectivity index (χ3v) is 4.39. The highest BCUT2D eigenvalue weighted by molar-refractivity contribution is 7.98. The van der Waals surface area contributed by atoms with Gasteiger partial charge in [0.15, 0.2) is 0 Å². The molecule has 120 valence electrons. The zero-order valence-corrected chi connectivity index (χ0v) is 13.2. The Balaban J connectivity index is 2.12. The maximum absolute atomic E-state index is 13.9. The van der Waals surface area contributed by atoms with Gasteiger partial charge < -0.3 is 5.32 Å². The van der Waals surface area contributed by atoms with Crippen LogP contribution in [0.25, 0.3) is 11.1 Å². The van der Waals surface area contributed by atoms with Crippen molar-refractivity contribution in [2.75, 3.05) is 18.5 Å². The molecule has 0 bridgehead atoms. The Morgan fingerprint density at radius 1 is 1.17 bits per heavy atom. The van der Waals surface area contributed by atoms with E-state index in [4.69, 9.17) is 11.6 Å². The first-order chi connectivity index (χ1) is 11.1. The van der Waals surface area contributed by atoms with Gasteiger partial charge >= 0.3 is 0 Å². The average molecular weight is 358 g/mol. The highest BCUT2D eigenvalue weighted by Crippen LogP contribution is 2.41. The summed E-state index contributed by atoms with van der Waals surface area (Å²) in [5.74, 6) is -0.713. The number of rotatable bonds is 3. The van der Waals surface area contributed by atoms with Crippen LogP contribution >= 0.6 is 23.5 Å². The molecule has 0 amide bonds. The lowest BCUT2D eigenvalue weighted by Crippen LogP contribution is -2.30. The van der Waals surface area contributed by atoms with E-state index < -0.39 is 18.3 Å². The molecule has 0 unspecified atom stereocenters. The number of nitrogens with zero attached hydrogens (tertiary/aromatic N) is 1. The molecule has 0 spiro atoms. The average Bonchev–Trinajstić information content (AvgIpc) is 2.55. The molecule has 3 nitrogen and oxygen atoms in total. The van der Waals surface area contributed by atoms with Crippen molar-refractivity contribution >= 4 is 35.2 Å². The zero-order valence-electron chi connectivity index (χ0n) is 11.7. The van der Waals surface area contributed by atoms with Crippen molar-refractivity contribution in [2.24, 2.45) is 4.99 Å². The van der Waals surface area contributed by atoms with Gasteiger partial charge in [-0.3, -0.25) is 4.72 Å². The number of halogens is 4. The zero-order chi connectivity index (χ0) is 16.4. The van der Waals surface area contributed by atoms with Crippen molar-refractivity contribution in [2.45, 2.75) is 4.90 Å². The number of anilines is 1. The summed E-state index contributed by atoms with van der Waals surface area (Å²) in [5.41, 5.74) is 1.31. The van der Waals surface area contributed by atoms with Gasteiger partial charge in [0.2, 0.25) is 5.96 Å². The van der Waals surface area contributed by atoms with Crippen LogP contribution in [-0.4, -0.2) is 19.2 Å². The SMILES string of the molecule is FCCN=C1NSc2cc(F)cc(-c3cccc(F)c3Cl)c2N1. The van der Waals surface area contributed by atoms with Gasteiger partial charge in [-0.1, -0.05) is 23.7 Å². The summed E-state index contributed by atoms with van der Waals surface area (Å²) >= 11 is 7.15. The second-order valence-electron chi connectivity index (χ2n) is 4.68. The molecular weight excluding hydrogens is 347 g/mol. The lowest BCUT2D eigenvalue weighted by atomic mass is 10.0. The summed E-state index contributed by atoms with van der Waals surface area (Å²) in [6.45, 7) is -0.584. The predicted octanol–water partition coefficient (Wildman–Crippen LogP) is 4.63. The molecule has 3 rings (SSSR count). The molecule has 0 saturated heterocycles. The fourth-order valence-electron chi connectivity index (χ4n) is 2.19. The second-order valence-corrected chi connectivity index (χ2v) is 5.90. The molecule has 2 aromatic carbocycles. The number of fused-ring (bicyclic) bond motifs is 1. The van der Waals surface area contributed by atoms with Crippen LogP contribution in [0.5, 0.6) is 0 Å². The number of aliphatic imine (C=N–C) groups is 1. The topological polar surface area (TPSA) is 36.4 Å². The van der Waals surface area contributed by atoms with Crippen LogP contribution in [-0.2, 0) is 0 Å². The molecule has 0 atom stereocenters. The van der Waals surface area contributed by atoms with E-state index in [9.17, 15) is 13.2 Å². The van der Waals surface area contributed by atoms with Crippen LogP contribution in [0.3, 0.4) is 0 Å². The minimum atomic E-state index is -0.588. The Labute approximate surface area is 140 Å². The number of hydrogen-bond donors (Lipinski definition) is 2. The van der Waals surface area contributed by atoms with Crippen LogP contribution in [0.4, 0.5) is 18.9 Å². The summed E-state index contributed by atoms with van der Waals surface area (Å²) in [7, 11) is 0. The smallest absolute Gasteiger partial charge is 0.206 e. The molecule has 2 aromatic rings. The fourth-order valence-corrected chi connectivity index (χ4v) is 3.17. The highest BCUT2D eigenvalue weighted by atomic mass is 35.5. The molecule has 0 fully saturated rings. The van der Waals surface area contributed by atoms with Crippen LogP contribution in [0.15, 0.2) is 40.2 Å². The summed E-state index contributed by atoms with van der Waals surface area (Å²) in [4.78, 5) is 4.56. The molecule has 1 heterocycles. The Kier molecular flexibility index (Phi) is 4.68. The van der Waals surface area contributed by atoms with E-state index in [1.165, 1.54) is 24.3 Å². The second kappa shape index (κ2) is 6.72. The van der Waals surface area contributed by atoms with Gasteiger partial charge in [0.25, 0.3) is 0 Å². The van der Waals surface area contributed by atoms with Gasteiger partial charge in [-0.15, -0.1) is 0 Å². The van der Waals surface area contributed by atoms with Crippen molar-refractivity contribution in [1.29, 1.82) is 0 Å². The summed E-state index contributed by atoms with van der Waals surface area (Å²) in [6, 6.07) is 6.94. The van der Waals surface area contributed by atoms with Gasteiger partial charge in [-0.25, -0.2) is 18.2 Å². The molecule has 23 heavy (non-hydrogen) atoms. The Morgan fingerprint density at radius 2 is 2.00 bits per heavy atom. The van der Waals surface area contributed by atoms with Crippen molar-refractivity contribution in [3.8, 4) is 11.1 Å². The molecule has 0 aliphatic carbocycles. The van der Waals surface area contributed by atoms with Crippen molar-refractivity contribution in [3.63, 3.8) is 0 Å². The number of hydrogen-bond acceptors (Lipinski definition) is 2. The van der Waals surface area contributed by atoms with Crippen LogP contribution in [0, 0.1) is 11.6 Å². The fraction of sp³-hybridized carbons (Fsp3) is 0.133. The van der Waals surface area contributed by atoms with E-state index in [0.717, 1.165) is 11.9 Å². The maximum atomic E-state index is 13.9. The van der Waals surface area contributed by atoms with Crippen LogP contribution < -0.4 is 10.0 Å². The van der Waals surface area contributed by atoms with Crippen molar-refractivity contribution < 1.29 is 13.2 Å². The molecule has 8 heteroatoms. The van der Waals surface area contributed by atoms with Crippen LogP contribution in [0.2, 0.25) is 5.02 Å². The van der Waals surface area contributed by atoms with Crippen molar-refractivity contribution in [3.05, 3.63) is 47.0 Å². The van der Waals surface area contributed by atoms with Gasteiger partial charge in [0.1, 0.15) is 18.3 Å². The molecule has 0 aromatic heterocycles. The minimum Gasteiger partial charge on any atom is -0.324 e. The number of benzene rings is 2. The normalized spacial score (nSPS) is 15.0.